The second kappa shape index (κ2) is 8.09. The topological polar surface area (TPSA) is 53.4 Å². The minimum atomic E-state index is -4.50. The van der Waals surface area contributed by atoms with Crippen LogP contribution in [0.15, 0.2) is 36.5 Å². The maximum absolute atomic E-state index is 13.3. The number of carboxylic acid groups (broad SMARTS) is 1. The van der Waals surface area contributed by atoms with Gasteiger partial charge in [-0.1, -0.05) is 17.7 Å². The molecule has 1 saturated heterocycles. The first kappa shape index (κ1) is 20.6. The van der Waals surface area contributed by atoms with Gasteiger partial charge in [0.2, 0.25) is 0 Å². The lowest BCUT2D eigenvalue weighted by Crippen LogP contribution is -2.41. The molecule has 28 heavy (non-hydrogen) atoms. The highest BCUT2D eigenvalue weighted by Gasteiger charge is 2.36. The van der Waals surface area contributed by atoms with Crippen molar-refractivity contribution in [2.24, 2.45) is 5.92 Å². The van der Waals surface area contributed by atoms with Gasteiger partial charge in [-0.2, -0.15) is 13.2 Å². The van der Waals surface area contributed by atoms with E-state index >= 15 is 0 Å². The molecule has 0 bridgehead atoms. The number of aryl methyl sites for hydroxylation is 1. The number of aromatic nitrogens is 1. The first-order valence-electron chi connectivity index (χ1n) is 8.93. The van der Waals surface area contributed by atoms with Gasteiger partial charge in [0, 0.05) is 17.8 Å². The lowest BCUT2D eigenvalue weighted by atomic mass is 9.92. The van der Waals surface area contributed by atoms with Gasteiger partial charge in [0.1, 0.15) is 0 Å². The quantitative estimate of drug-likeness (QED) is 0.772. The van der Waals surface area contributed by atoms with Crippen molar-refractivity contribution < 1.29 is 23.1 Å². The highest BCUT2D eigenvalue weighted by molar-refractivity contribution is 6.31. The Morgan fingerprint density at radius 3 is 2.68 bits per heavy atom. The third-order valence-corrected chi connectivity index (χ3v) is 5.34. The largest absolute Gasteiger partial charge is 0.481 e. The van der Waals surface area contributed by atoms with Gasteiger partial charge in [-0.05, 0) is 61.7 Å². The van der Waals surface area contributed by atoms with E-state index in [1.54, 1.807) is 12.3 Å². The maximum atomic E-state index is 13.3. The molecule has 0 radical (unpaired) electrons. The molecule has 1 aliphatic heterocycles. The smallest absolute Gasteiger partial charge is 0.416 e. The number of alkyl halides is 3. The summed E-state index contributed by atoms with van der Waals surface area (Å²) in [5.41, 5.74) is 0.937. The van der Waals surface area contributed by atoms with E-state index in [9.17, 15) is 23.1 Å². The second-order valence-electron chi connectivity index (χ2n) is 7.07. The number of rotatable bonds is 4. The van der Waals surface area contributed by atoms with E-state index in [1.807, 2.05) is 17.9 Å². The second-order valence-corrected chi connectivity index (χ2v) is 7.48. The number of hydrogen-bond acceptors (Lipinski definition) is 3. The van der Waals surface area contributed by atoms with Crippen molar-refractivity contribution in [2.45, 2.75) is 32.0 Å². The van der Waals surface area contributed by atoms with E-state index in [1.165, 1.54) is 6.07 Å². The van der Waals surface area contributed by atoms with E-state index in [2.05, 4.69) is 4.98 Å². The molecule has 1 aromatic heterocycles. The van der Waals surface area contributed by atoms with Crippen molar-refractivity contribution in [3.63, 3.8) is 0 Å². The molecule has 3 rings (SSSR count). The number of aliphatic carboxylic acids is 1. The Morgan fingerprint density at radius 2 is 2.07 bits per heavy atom. The fraction of sp³-hybridized carbons (Fsp3) is 0.400. The zero-order valence-electron chi connectivity index (χ0n) is 15.2. The predicted molar refractivity (Wildman–Crippen MR) is 99.2 cm³/mol. The predicted octanol–water partition coefficient (Wildman–Crippen LogP) is 4.95. The van der Waals surface area contributed by atoms with E-state index in [0.717, 1.165) is 17.7 Å². The number of piperidine rings is 1. The van der Waals surface area contributed by atoms with Crippen molar-refractivity contribution in [1.29, 1.82) is 0 Å². The van der Waals surface area contributed by atoms with Crippen molar-refractivity contribution >= 4 is 17.6 Å². The molecule has 2 unspecified atom stereocenters. The van der Waals surface area contributed by atoms with Gasteiger partial charge in [0.15, 0.2) is 0 Å². The Kier molecular flexibility index (Phi) is 5.95. The summed E-state index contributed by atoms with van der Waals surface area (Å²) in [7, 11) is 0. The Balaban J connectivity index is 2.09. The van der Waals surface area contributed by atoms with Crippen molar-refractivity contribution in [2.75, 3.05) is 13.1 Å². The fourth-order valence-electron chi connectivity index (χ4n) is 3.56. The summed E-state index contributed by atoms with van der Waals surface area (Å²) >= 11 is 6.30. The molecular formula is C20H20ClF3N2O2. The van der Waals surface area contributed by atoms with Crippen LogP contribution in [0.3, 0.4) is 0 Å². The number of hydrogen-bond donors (Lipinski definition) is 1. The van der Waals surface area contributed by atoms with Crippen LogP contribution in [0.1, 0.15) is 41.3 Å². The number of pyridine rings is 1. The van der Waals surface area contributed by atoms with Gasteiger partial charge in [-0.15, -0.1) is 0 Å². The van der Waals surface area contributed by atoms with Gasteiger partial charge >= 0.3 is 12.1 Å². The average Bonchev–Trinajstić information content (AvgIpc) is 2.64. The summed E-state index contributed by atoms with van der Waals surface area (Å²) in [6.07, 6.45) is -1.69. The molecule has 150 valence electrons. The molecule has 2 atom stereocenters. The Labute approximate surface area is 166 Å². The van der Waals surface area contributed by atoms with Gasteiger partial charge in [0.05, 0.1) is 23.2 Å². The molecule has 2 aromatic rings. The molecule has 1 fully saturated rings. The van der Waals surface area contributed by atoms with E-state index in [0.29, 0.717) is 25.1 Å². The number of halogens is 4. The molecule has 0 amide bonds. The highest BCUT2D eigenvalue weighted by Crippen LogP contribution is 2.39. The van der Waals surface area contributed by atoms with Crippen molar-refractivity contribution in [3.05, 3.63) is 63.9 Å². The molecule has 0 saturated carbocycles. The monoisotopic (exact) mass is 412 g/mol. The zero-order chi connectivity index (χ0) is 20.5. The summed E-state index contributed by atoms with van der Waals surface area (Å²) in [6, 6.07) is 6.15. The van der Waals surface area contributed by atoms with Crippen LogP contribution in [0.5, 0.6) is 0 Å². The Hall–Kier alpha value is -2.12. The Morgan fingerprint density at radius 1 is 1.32 bits per heavy atom. The molecule has 8 heteroatoms. The standard InChI is InChI=1S/C20H20ClF3N2O2/c1-12-4-7-17(25-10-12)18(26-8-2-3-13(11-26)19(27)28)15-9-14(20(22,23)24)5-6-16(15)21/h4-7,9-10,13,18H,2-3,8,11H2,1H3,(H,27,28). The first-order chi connectivity index (χ1) is 13.2. The molecule has 2 heterocycles. The van der Waals surface area contributed by atoms with Crippen LogP contribution in [0, 0.1) is 12.8 Å². The van der Waals surface area contributed by atoms with Crippen molar-refractivity contribution in [1.82, 2.24) is 9.88 Å². The minimum Gasteiger partial charge on any atom is -0.481 e. The minimum absolute atomic E-state index is 0.192. The SMILES string of the molecule is Cc1ccc(C(c2cc(C(F)(F)F)ccc2Cl)N2CCCC(C(=O)O)C2)nc1. The molecule has 1 N–H and O–H groups in total. The Bertz CT molecular complexity index is 856. The number of carboxylic acids is 1. The summed E-state index contributed by atoms with van der Waals surface area (Å²) in [5.74, 6) is -1.48. The van der Waals surface area contributed by atoms with E-state index in [4.69, 9.17) is 11.6 Å². The van der Waals surface area contributed by atoms with Gasteiger partial charge < -0.3 is 5.11 Å². The number of carbonyl (C=O) groups is 1. The van der Waals surface area contributed by atoms with Gasteiger partial charge in [-0.3, -0.25) is 14.7 Å². The molecule has 1 aliphatic rings. The highest BCUT2D eigenvalue weighted by atomic mass is 35.5. The normalized spacial score (nSPS) is 19.4. The maximum Gasteiger partial charge on any atom is 0.416 e. The summed E-state index contributed by atoms with van der Waals surface area (Å²) in [4.78, 5) is 17.7. The van der Waals surface area contributed by atoms with E-state index in [-0.39, 0.29) is 17.1 Å². The van der Waals surface area contributed by atoms with Gasteiger partial charge in [-0.25, -0.2) is 0 Å². The van der Waals surface area contributed by atoms with Crippen molar-refractivity contribution in [3.8, 4) is 0 Å². The number of nitrogens with zero attached hydrogens (tertiary/aromatic N) is 2. The first-order valence-corrected chi connectivity index (χ1v) is 9.30. The van der Waals surface area contributed by atoms with Crippen LogP contribution < -0.4 is 0 Å². The van der Waals surface area contributed by atoms with Crippen LogP contribution in [-0.4, -0.2) is 34.0 Å². The molecule has 4 nitrogen and oxygen atoms in total. The summed E-state index contributed by atoms with van der Waals surface area (Å²) in [5, 5.41) is 9.60. The van der Waals surface area contributed by atoms with Crippen LogP contribution in [0.2, 0.25) is 5.02 Å². The lowest BCUT2D eigenvalue weighted by molar-refractivity contribution is -0.143. The molecule has 0 aliphatic carbocycles. The van der Waals surface area contributed by atoms with Crippen LogP contribution in [0.25, 0.3) is 0 Å². The summed E-state index contributed by atoms with van der Waals surface area (Å²) in [6.45, 7) is 2.64. The zero-order valence-corrected chi connectivity index (χ0v) is 16.0. The molecule has 1 aromatic carbocycles. The van der Waals surface area contributed by atoms with E-state index < -0.39 is 29.7 Å². The average molecular weight is 413 g/mol. The fourth-order valence-corrected chi connectivity index (χ4v) is 3.78. The van der Waals surface area contributed by atoms with Crippen LogP contribution in [0.4, 0.5) is 13.2 Å². The lowest BCUT2D eigenvalue weighted by Gasteiger charge is -2.37. The van der Waals surface area contributed by atoms with Gasteiger partial charge in [0.25, 0.3) is 0 Å². The number of likely N-dealkylation sites (tertiary alicyclic amines) is 1. The third-order valence-electron chi connectivity index (χ3n) is 5.00. The number of benzene rings is 1. The van der Waals surface area contributed by atoms with Crippen LogP contribution in [-0.2, 0) is 11.0 Å². The molecule has 0 spiro atoms. The summed E-state index contributed by atoms with van der Waals surface area (Å²) < 4.78 is 39.8. The molecular weight excluding hydrogens is 393 g/mol. The van der Waals surface area contributed by atoms with Crippen LogP contribution >= 0.6 is 11.6 Å². The third kappa shape index (κ3) is 4.47.